The molecule has 0 aliphatic heterocycles. The van der Waals surface area contributed by atoms with Crippen LogP contribution in [-0.4, -0.2) is 4.98 Å². The van der Waals surface area contributed by atoms with E-state index in [0.717, 1.165) is 23.0 Å². The van der Waals surface area contributed by atoms with E-state index in [1.54, 1.807) is 6.20 Å². The Morgan fingerprint density at radius 1 is 1.17 bits per heavy atom. The summed E-state index contributed by atoms with van der Waals surface area (Å²) in [4.78, 5) is 4.37. The van der Waals surface area contributed by atoms with Crippen LogP contribution in [0.1, 0.15) is 23.7 Å². The number of aryl methyl sites for hydroxylation is 1. The van der Waals surface area contributed by atoms with Crippen molar-refractivity contribution in [3.63, 3.8) is 0 Å². The summed E-state index contributed by atoms with van der Waals surface area (Å²) in [5.41, 5.74) is 5.11. The Kier molecular flexibility index (Phi) is 4.87. The van der Waals surface area contributed by atoms with Crippen LogP contribution < -0.4 is 11.3 Å². The Labute approximate surface area is 116 Å². The highest BCUT2D eigenvalue weighted by molar-refractivity contribution is 9.10. The number of nitrogens with one attached hydrogen (secondary N) is 1. The van der Waals surface area contributed by atoms with E-state index in [9.17, 15) is 0 Å². The van der Waals surface area contributed by atoms with Gasteiger partial charge in [0.2, 0.25) is 0 Å². The van der Waals surface area contributed by atoms with Crippen LogP contribution >= 0.6 is 15.9 Å². The Morgan fingerprint density at radius 3 is 2.56 bits per heavy atom. The molecule has 2 aromatic rings. The molecule has 0 amide bonds. The van der Waals surface area contributed by atoms with Gasteiger partial charge in [0, 0.05) is 10.7 Å². The molecule has 4 heteroatoms. The number of pyridine rings is 1. The zero-order valence-electron chi connectivity index (χ0n) is 10.0. The van der Waals surface area contributed by atoms with Gasteiger partial charge in [0.05, 0.1) is 11.7 Å². The molecule has 0 radical (unpaired) electrons. The fourth-order valence-electron chi connectivity index (χ4n) is 1.87. The van der Waals surface area contributed by atoms with E-state index in [0.29, 0.717) is 0 Å². The number of rotatable bonds is 5. The summed E-state index contributed by atoms with van der Waals surface area (Å²) in [6, 6.07) is 14.4. The van der Waals surface area contributed by atoms with Crippen LogP contribution in [0.15, 0.2) is 53.1 Å². The van der Waals surface area contributed by atoms with Crippen LogP contribution in [0.2, 0.25) is 0 Å². The second kappa shape index (κ2) is 6.64. The number of hydrogen-bond acceptors (Lipinski definition) is 3. The van der Waals surface area contributed by atoms with Gasteiger partial charge in [-0.1, -0.05) is 30.3 Å². The quantitative estimate of drug-likeness (QED) is 0.659. The summed E-state index contributed by atoms with van der Waals surface area (Å²) < 4.78 is 0.977. The molecule has 94 valence electrons. The molecule has 1 heterocycles. The van der Waals surface area contributed by atoms with Gasteiger partial charge in [0.1, 0.15) is 0 Å². The SMILES string of the molecule is NNC(CCc1ccccc1)c1ccc(Br)cn1. The van der Waals surface area contributed by atoms with Gasteiger partial charge in [0.25, 0.3) is 0 Å². The van der Waals surface area contributed by atoms with Crippen LogP contribution in [-0.2, 0) is 6.42 Å². The van der Waals surface area contributed by atoms with Crippen molar-refractivity contribution in [3.8, 4) is 0 Å². The molecular weight excluding hydrogens is 290 g/mol. The molecule has 0 fully saturated rings. The number of hydrogen-bond donors (Lipinski definition) is 2. The summed E-state index contributed by atoms with van der Waals surface area (Å²) in [7, 11) is 0. The molecule has 1 aromatic heterocycles. The zero-order chi connectivity index (χ0) is 12.8. The number of nitrogens with zero attached hydrogens (tertiary/aromatic N) is 1. The highest BCUT2D eigenvalue weighted by Gasteiger charge is 2.10. The maximum Gasteiger partial charge on any atom is 0.0635 e. The lowest BCUT2D eigenvalue weighted by Crippen LogP contribution is -2.29. The van der Waals surface area contributed by atoms with E-state index in [4.69, 9.17) is 5.84 Å². The molecule has 0 saturated heterocycles. The lowest BCUT2D eigenvalue weighted by atomic mass is 10.0. The van der Waals surface area contributed by atoms with Gasteiger partial charge in [-0.3, -0.25) is 16.3 Å². The molecule has 0 aliphatic carbocycles. The summed E-state index contributed by atoms with van der Waals surface area (Å²) in [6.45, 7) is 0. The molecule has 1 unspecified atom stereocenters. The van der Waals surface area contributed by atoms with Crippen molar-refractivity contribution in [1.29, 1.82) is 0 Å². The lowest BCUT2D eigenvalue weighted by molar-refractivity contribution is 0.504. The minimum absolute atomic E-state index is 0.0818. The standard InChI is InChI=1S/C14H16BrN3/c15-12-7-9-13(17-10-12)14(18-16)8-6-11-4-2-1-3-5-11/h1-5,7,9-10,14,18H,6,8,16H2. The first-order valence-electron chi connectivity index (χ1n) is 5.91. The van der Waals surface area contributed by atoms with E-state index in [2.05, 4.69) is 50.6 Å². The van der Waals surface area contributed by atoms with Crippen LogP contribution in [0.25, 0.3) is 0 Å². The predicted octanol–water partition coefficient (Wildman–Crippen LogP) is 2.98. The Bertz CT molecular complexity index is 470. The third kappa shape index (κ3) is 3.63. The summed E-state index contributed by atoms with van der Waals surface area (Å²) >= 11 is 3.38. The highest BCUT2D eigenvalue weighted by Crippen LogP contribution is 2.18. The average molecular weight is 306 g/mol. The van der Waals surface area contributed by atoms with Gasteiger partial charge < -0.3 is 0 Å². The maximum absolute atomic E-state index is 5.61. The van der Waals surface area contributed by atoms with Crippen molar-refractivity contribution < 1.29 is 0 Å². The molecule has 0 aliphatic rings. The number of aromatic nitrogens is 1. The molecule has 0 spiro atoms. The third-order valence-corrected chi connectivity index (χ3v) is 3.34. The molecule has 18 heavy (non-hydrogen) atoms. The smallest absolute Gasteiger partial charge is 0.0635 e. The van der Waals surface area contributed by atoms with E-state index < -0.39 is 0 Å². The van der Waals surface area contributed by atoms with E-state index >= 15 is 0 Å². The fraction of sp³-hybridized carbons (Fsp3) is 0.214. The first-order valence-corrected chi connectivity index (χ1v) is 6.70. The molecule has 1 atom stereocenters. The van der Waals surface area contributed by atoms with Gasteiger partial charge in [-0.05, 0) is 46.5 Å². The average Bonchev–Trinajstić information content (AvgIpc) is 2.42. The van der Waals surface area contributed by atoms with Crippen molar-refractivity contribution >= 4 is 15.9 Å². The van der Waals surface area contributed by atoms with Crippen molar-refractivity contribution in [1.82, 2.24) is 10.4 Å². The van der Waals surface area contributed by atoms with Crippen LogP contribution in [0.5, 0.6) is 0 Å². The van der Waals surface area contributed by atoms with Gasteiger partial charge in [-0.2, -0.15) is 0 Å². The molecule has 1 aromatic carbocycles. The van der Waals surface area contributed by atoms with Gasteiger partial charge >= 0.3 is 0 Å². The first kappa shape index (κ1) is 13.2. The largest absolute Gasteiger partial charge is 0.271 e. The second-order valence-corrected chi connectivity index (χ2v) is 5.06. The number of halogens is 1. The lowest BCUT2D eigenvalue weighted by Gasteiger charge is -2.15. The van der Waals surface area contributed by atoms with Crippen molar-refractivity contribution in [2.75, 3.05) is 0 Å². The topological polar surface area (TPSA) is 50.9 Å². The Hall–Kier alpha value is -1.23. The van der Waals surface area contributed by atoms with E-state index in [1.165, 1.54) is 5.56 Å². The summed E-state index contributed by atoms with van der Waals surface area (Å²) in [5.74, 6) is 5.61. The second-order valence-electron chi connectivity index (χ2n) is 4.14. The third-order valence-electron chi connectivity index (χ3n) is 2.87. The fourth-order valence-corrected chi connectivity index (χ4v) is 2.10. The first-order chi connectivity index (χ1) is 8.79. The van der Waals surface area contributed by atoms with Crippen LogP contribution in [0.4, 0.5) is 0 Å². The number of nitrogens with two attached hydrogens (primary N) is 1. The van der Waals surface area contributed by atoms with Gasteiger partial charge in [-0.25, -0.2) is 0 Å². The molecule has 3 nitrogen and oxygen atoms in total. The molecule has 3 N–H and O–H groups in total. The molecular formula is C14H16BrN3. The number of benzene rings is 1. The molecule has 2 rings (SSSR count). The minimum atomic E-state index is 0.0818. The zero-order valence-corrected chi connectivity index (χ0v) is 11.6. The molecule has 0 saturated carbocycles. The van der Waals surface area contributed by atoms with E-state index in [-0.39, 0.29) is 6.04 Å². The molecule has 0 bridgehead atoms. The predicted molar refractivity (Wildman–Crippen MR) is 76.8 cm³/mol. The van der Waals surface area contributed by atoms with Gasteiger partial charge in [-0.15, -0.1) is 0 Å². The monoisotopic (exact) mass is 305 g/mol. The van der Waals surface area contributed by atoms with E-state index in [1.807, 2.05) is 18.2 Å². The number of hydrazine groups is 1. The summed E-state index contributed by atoms with van der Waals surface area (Å²) in [6.07, 6.45) is 3.70. The van der Waals surface area contributed by atoms with Gasteiger partial charge in [0.15, 0.2) is 0 Å². The normalized spacial score (nSPS) is 12.3. The maximum atomic E-state index is 5.61. The van der Waals surface area contributed by atoms with Crippen molar-refractivity contribution in [2.45, 2.75) is 18.9 Å². The van der Waals surface area contributed by atoms with Crippen molar-refractivity contribution in [3.05, 3.63) is 64.4 Å². The minimum Gasteiger partial charge on any atom is -0.271 e. The highest BCUT2D eigenvalue weighted by atomic mass is 79.9. The Morgan fingerprint density at radius 2 is 1.94 bits per heavy atom. The summed E-state index contributed by atoms with van der Waals surface area (Å²) in [5, 5.41) is 0. The Balaban J connectivity index is 1.99. The van der Waals surface area contributed by atoms with Crippen LogP contribution in [0.3, 0.4) is 0 Å². The van der Waals surface area contributed by atoms with Crippen molar-refractivity contribution in [2.24, 2.45) is 5.84 Å². The van der Waals surface area contributed by atoms with Crippen LogP contribution in [0, 0.1) is 0 Å².